The number of hydrogen-bond acceptors (Lipinski definition) is 5. The summed E-state index contributed by atoms with van der Waals surface area (Å²) in [6, 6.07) is 0. The Kier molecular flexibility index (Phi) is 4.46. The molecular formula is C10H14ClN3O3S2. The van der Waals surface area contributed by atoms with Gasteiger partial charge >= 0.3 is 0 Å². The van der Waals surface area contributed by atoms with E-state index in [0.29, 0.717) is 11.6 Å². The Morgan fingerprint density at radius 3 is 3.00 bits per heavy atom. The van der Waals surface area contributed by atoms with Crippen LogP contribution < -0.4 is 4.72 Å². The van der Waals surface area contributed by atoms with Crippen LogP contribution >= 0.6 is 22.9 Å². The average molecular weight is 324 g/mol. The third-order valence-electron chi connectivity index (χ3n) is 2.28. The third kappa shape index (κ3) is 3.26. The van der Waals surface area contributed by atoms with Gasteiger partial charge in [0, 0.05) is 18.1 Å². The second-order valence-electron chi connectivity index (χ2n) is 4.08. The summed E-state index contributed by atoms with van der Waals surface area (Å²) >= 11 is 7.20. The van der Waals surface area contributed by atoms with E-state index in [1.54, 1.807) is 11.6 Å². The van der Waals surface area contributed by atoms with Crippen LogP contribution in [0.4, 0.5) is 0 Å². The number of halogens is 1. The third-order valence-corrected chi connectivity index (χ3v) is 4.89. The number of fused-ring (bicyclic) bond motifs is 1. The Bertz CT molecular complexity index is 663. The lowest BCUT2D eigenvalue weighted by atomic mass is 10.5. The summed E-state index contributed by atoms with van der Waals surface area (Å²) < 4.78 is 33.5. The lowest BCUT2D eigenvalue weighted by molar-refractivity contribution is 0.0834. The van der Waals surface area contributed by atoms with Crippen molar-refractivity contribution >= 4 is 37.9 Å². The zero-order valence-electron chi connectivity index (χ0n) is 10.5. The number of hydrogen-bond donors (Lipinski definition) is 1. The molecule has 1 N–H and O–H groups in total. The standard InChI is InChI=1S/C10H14ClN3O3S2/c1-7(2)17-5-3-12-19(15,16)9-8(11)13-10-14(9)4-6-18-10/h4,6-7,12H,3,5H2,1-2H3. The molecule has 0 spiro atoms. The Balaban J connectivity index is 2.15. The van der Waals surface area contributed by atoms with Crippen LogP contribution in [-0.2, 0) is 14.8 Å². The van der Waals surface area contributed by atoms with E-state index in [-0.39, 0.29) is 22.8 Å². The van der Waals surface area contributed by atoms with E-state index < -0.39 is 10.0 Å². The minimum absolute atomic E-state index is 0.0240. The van der Waals surface area contributed by atoms with E-state index in [1.165, 1.54) is 15.7 Å². The Labute approximate surface area is 120 Å². The largest absolute Gasteiger partial charge is 0.377 e. The van der Waals surface area contributed by atoms with Crippen LogP contribution in [0.25, 0.3) is 4.96 Å². The zero-order valence-corrected chi connectivity index (χ0v) is 12.8. The molecule has 0 unspecified atom stereocenters. The number of ether oxygens (including phenoxy) is 1. The highest BCUT2D eigenvalue weighted by atomic mass is 35.5. The number of imidazole rings is 1. The fourth-order valence-corrected chi connectivity index (χ4v) is 3.98. The van der Waals surface area contributed by atoms with Crippen molar-refractivity contribution < 1.29 is 13.2 Å². The quantitative estimate of drug-likeness (QED) is 0.822. The molecule has 0 saturated carbocycles. The van der Waals surface area contributed by atoms with E-state index in [1.807, 2.05) is 13.8 Å². The van der Waals surface area contributed by atoms with Crippen molar-refractivity contribution in [1.29, 1.82) is 0 Å². The van der Waals surface area contributed by atoms with E-state index in [4.69, 9.17) is 16.3 Å². The molecule has 0 amide bonds. The molecule has 0 aromatic carbocycles. The number of rotatable bonds is 6. The Morgan fingerprint density at radius 1 is 1.58 bits per heavy atom. The highest BCUT2D eigenvalue weighted by molar-refractivity contribution is 7.89. The van der Waals surface area contributed by atoms with Crippen LogP contribution in [0.15, 0.2) is 16.6 Å². The maximum absolute atomic E-state index is 12.2. The Hall–Kier alpha value is -0.670. The van der Waals surface area contributed by atoms with Crippen molar-refractivity contribution in [3.05, 3.63) is 16.7 Å². The van der Waals surface area contributed by atoms with E-state index in [0.717, 1.165) is 0 Å². The van der Waals surface area contributed by atoms with Gasteiger partial charge in [-0.15, -0.1) is 11.3 Å². The highest BCUT2D eigenvalue weighted by Crippen LogP contribution is 2.24. The summed E-state index contributed by atoms with van der Waals surface area (Å²) in [6.45, 7) is 4.27. The van der Waals surface area contributed by atoms with Crippen molar-refractivity contribution in [2.75, 3.05) is 13.2 Å². The van der Waals surface area contributed by atoms with Gasteiger partial charge in [0.05, 0.1) is 12.7 Å². The maximum atomic E-state index is 12.2. The summed E-state index contributed by atoms with van der Waals surface area (Å²) in [5.41, 5.74) is 0. The van der Waals surface area contributed by atoms with Crippen molar-refractivity contribution in [2.45, 2.75) is 25.0 Å². The fraction of sp³-hybridized carbons (Fsp3) is 0.500. The molecule has 9 heteroatoms. The molecule has 2 aromatic rings. The molecule has 0 fully saturated rings. The van der Waals surface area contributed by atoms with Crippen LogP contribution in [0.3, 0.4) is 0 Å². The minimum Gasteiger partial charge on any atom is -0.377 e. The van der Waals surface area contributed by atoms with Crippen molar-refractivity contribution in [2.24, 2.45) is 0 Å². The molecule has 0 saturated heterocycles. The summed E-state index contributed by atoms with van der Waals surface area (Å²) in [4.78, 5) is 4.54. The molecular weight excluding hydrogens is 310 g/mol. The summed E-state index contributed by atoms with van der Waals surface area (Å²) in [5, 5.41) is 1.69. The van der Waals surface area contributed by atoms with Gasteiger partial charge in [-0.2, -0.15) is 0 Å². The molecule has 2 rings (SSSR count). The smallest absolute Gasteiger partial charge is 0.259 e. The van der Waals surface area contributed by atoms with Gasteiger partial charge in [0.1, 0.15) is 0 Å². The maximum Gasteiger partial charge on any atom is 0.259 e. The van der Waals surface area contributed by atoms with E-state index >= 15 is 0 Å². The van der Waals surface area contributed by atoms with Gasteiger partial charge < -0.3 is 4.74 Å². The monoisotopic (exact) mass is 323 g/mol. The molecule has 19 heavy (non-hydrogen) atoms. The number of nitrogens with one attached hydrogen (secondary N) is 1. The number of aromatic nitrogens is 2. The second kappa shape index (κ2) is 5.76. The number of nitrogens with zero attached hydrogens (tertiary/aromatic N) is 2. The topological polar surface area (TPSA) is 72.7 Å². The van der Waals surface area contributed by atoms with E-state index in [2.05, 4.69) is 9.71 Å². The fourth-order valence-electron chi connectivity index (χ4n) is 1.52. The molecule has 0 aliphatic carbocycles. The SMILES string of the molecule is CC(C)OCCNS(=O)(=O)c1c(Cl)nc2sccn12. The Morgan fingerprint density at radius 2 is 2.32 bits per heavy atom. The molecule has 2 aromatic heterocycles. The lowest BCUT2D eigenvalue weighted by Gasteiger charge is -2.09. The predicted octanol–water partition coefficient (Wildman–Crippen LogP) is 1.75. The zero-order chi connectivity index (χ0) is 14.0. The normalized spacial score (nSPS) is 12.6. The number of thiazole rings is 1. The first kappa shape index (κ1) is 14.7. The molecule has 0 atom stereocenters. The van der Waals surface area contributed by atoms with Gasteiger partial charge in [-0.3, -0.25) is 4.40 Å². The van der Waals surface area contributed by atoms with Crippen LogP contribution in [0.2, 0.25) is 5.15 Å². The van der Waals surface area contributed by atoms with Crippen LogP contribution in [0.5, 0.6) is 0 Å². The second-order valence-corrected chi connectivity index (χ2v) is 6.99. The molecule has 0 aliphatic heterocycles. The number of sulfonamides is 1. The summed E-state index contributed by atoms with van der Waals surface area (Å²) in [6.07, 6.45) is 1.68. The van der Waals surface area contributed by atoms with Gasteiger partial charge in [-0.1, -0.05) is 11.6 Å². The molecule has 0 bridgehead atoms. The molecule has 6 nitrogen and oxygen atoms in total. The van der Waals surface area contributed by atoms with Gasteiger partial charge in [-0.05, 0) is 13.8 Å². The summed E-state index contributed by atoms with van der Waals surface area (Å²) in [5.74, 6) is 0. The highest BCUT2D eigenvalue weighted by Gasteiger charge is 2.24. The predicted molar refractivity (Wildman–Crippen MR) is 74.4 cm³/mol. The summed E-state index contributed by atoms with van der Waals surface area (Å²) in [7, 11) is -3.70. The van der Waals surface area contributed by atoms with Crippen LogP contribution in [-0.4, -0.2) is 37.1 Å². The van der Waals surface area contributed by atoms with Gasteiger partial charge in [0.25, 0.3) is 10.0 Å². The average Bonchev–Trinajstić information content (AvgIpc) is 2.83. The van der Waals surface area contributed by atoms with Gasteiger partial charge in [0.2, 0.25) is 0 Å². The van der Waals surface area contributed by atoms with Crippen molar-refractivity contribution in [1.82, 2.24) is 14.1 Å². The molecule has 0 aliphatic rings. The van der Waals surface area contributed by atoms with E-state index in [9.17, 15) is 8.42 Å². The molecule has 0 radical (unpaired) electrons. The van der Waals surface area contributed by atoms with Crippen molar-refractivity contribution in [3.8, 4) is 0 Å². The van der Waals surface area contributed by atoms with Crippen LogP contribution in [0.1, 0.15) is 13.8 Å². The minimum atomic E-state index is -3.70. The van der Waals surface area contributed by atoms with Crippen LogP contribution in [0, 0.1) is 0 Å². The molecule has 106 valence electrons. The van der Waals surface area contributed by atoms with Gasteiger partial charge in [-0.25, -0.2) is 18.1 Å². The first-order chi connectivity index (χ1) is 8.92. The first-order valence-electron chi connectivity index (χ1n) is 5.64. The first-order valence-corrected chi connectivity index (χ1v) is 8.38. The van der Waals surface area contributed by atoms with Gasteiger partial charge in [0.15, 0.2) is 15.1 Å². The lowest BCUT2D eigenvalue weighted by Crippen LogP contribution is -2.29. The van der Waals surface area contributed by atoms with Crippen molar-refractivity contribution in [3.63, 3.8) is 0 Å². The molecule has 2 heterocycles.